The first-order valence-electron chi connectivity index (χ1n) is 5.96. The van der Waals surface area contributed by atoms with E-state index in [1.54, 1.807) is 24.5 Å². The van der Waals surface area contributed by atoms with E-state index >= 15 is 0 Å². The van der Waals surface area contributed by atoms with Crippen LogP contribution in [0, 0.1) is 0 Å². The molecule has 0 saturated heterocycles. The first-order chi connectivity index (χ1) is 8.91. The number of hydrogen-bond acceptors (Lipinski definition) is 3. The fourth-order valence-electron chi connectivity index (χ4n) is 1.52. The van der Waals surface area contributed by atoms with Crippen molar-refractivity contribution in [3.8, 4) is 0 Å². The van der Waals surface area contributed by atoms with Gasteiger partial charge in [0, 0.05) is 33.3 Å². The number of carboxylic acids is 1. The van der Waals surface area contributed by atoms with Gasteiger partial charge in [0.05, 0.1) is 5.56 Å². The minimum Gasteiger partial charge on any atom is -0.478 e. The lowest BCUT2D eigenvalue weighted by Gasteiger charge is -2.10. The lowest BCUT2D eigenvalue weighted by Crippen LogP contribution is -2.21. The monoisotopic (exact) mass is 347 g/mol. The molecule has 6 heteroatoms. The minimum atomic E-state index is -0.931. The van der Waals surface area contributed by atoms with Crippen LogP contribution in [0.15, 0.2) is 22.7 Å². The van der Waals surface area contributed by atoms with Gasteiger partial charge in [-0.2, -0.15) is 0 Å². The lowest BCUT2D eigenvalue weighted by atomic mass is 10.1. The first-order valence-corrected chi connectivity index (χ1v) is 8.38. The van der Waals surface area contributed by atoms with Crippen molar-refractivity contribution in [3.05, 3.63) is 33.8 Å². The molecule has 106 valence electrons. The van der Waals surface area contributed by atoms with Crippen molar-refractivity contribution in [3.63, 3.8) is 0 Å². The maximum Gasteiger partial charge on any atom is 0.335 e. The van der Waals surface area contributed by atoms with Crippen molar-refractivity contribution in [1.82, 2.24) is 5.32 Å². The molecule has 1 rings (SSSR count). The van der Waals surface area contributed by atoms with E-state index in [2.05, 4.69) is 21.2 Å². The highest BCUT2D eigenvalue weighted by Gasteiger charge is 2.08. The second kappa shape index (κ2) is 7.77. The van der Waals surface area contributed by atoms with Gasteiger partial charge in [0.25, 0.3) is 0 Å². The third kappa shape index (κ3) is 5.42. The van der Waals surface area contributed by atoms with Crippen LogP contribution in [-0.4, -0.2) is 33.3 Å². The molecule has 4 nitrogen and oxygen atoms in total. The van der Waals surface area contributed by atoms with Crippen LogP contribution in [0.4, 0.5) is 0 Å². The van der Waals surface area contributed by atoms with Gasteiger partial charge in [0.1, 0.15) is 0 Å². The van der Waals surface area contributed by atoms with Crippen LogP contribution in [0.5, 0.6) is 0 Å². The smallest absolute Gasteiger partial charge is 0.335 e. The molecule has 1 aromatic carbocycles. The van der Waals surface area contributed by atoms with Crippen LogP contribution in [0.1, 0.15) is 29.3 Å². The summed E-state index contributed by atoms with van der Waals surface area (Å²) in [4.78, 5) is 10.8. The highest BCUT2D eigenvalue weighted by molar-refractivity contribution is 9.10. The van der Waals surface area contributed by atoms with Crippen molar-refractivity contribution < 1.29 is 14.1 Å². The van der Waals surface area contributed by atoms with Crippen molar-refractivity contribution in [2.45, 2.75) is 25.1 Å². The Morgan fingerprint density at radius 3 is 2.74 bits per heavy atom. The molecule has 0 saturated carbocycles. The van der Waals surface area contributed by atoms with Crippen LogP contribution < -0.4 is 5.32 Å². The molecule has 19 heavy (non-hydrogen) atoms. The summed E-state index contributed by atoms with van der Waals surface area (Å²) in [6.45, 7) is 3.41. The average molecular weight is 348 g/mol. The summed E-state index contributed by atoms with van der Waals surface area (Å²) in [5, 5.41) is 12.3. The van der Waals surface area contributed by atoms with Gasteiger partial charge in [-0.1, -0.05) is 28.9 Å². The van der Waals surface area contributed by atoms with E-state index in [1.807, 2.05) is 6.92 Å². The third-order valence-corrected chi connectivity index (χ3v) is 5.02. The van der Waals surface area contributed by atoms with Crippen LogP contribution in [0.2, 0.25) is 0 Å². The Morgan fingerprint density at radius 2 is 2.21 bits per heavy atom. The number of rotatable bonds is 7. The van der Waals surface area contributed by atoms with Crippen molar-refractivity contribution in [2.75, 3.05) is 12.8 Å². The molecule has 0 spiro atoms. The molecule has 2 atom stereocenters. The van der Waals surface area contributed by atoms with E-state index in [0.717, 1.165) is 23.0 Å². The van der Waals surface area contributed by atoms with Gasteiger partial charge in [-0.3, -0.25) is 4.21 Å². The highest BCUT2D eigenvalue weighted by Crippen LogP contribution is 2.18. The number of benzene rings is 1. The molecule has 0 fully saturated rings. The van der Waals surface area contributed by atoms with Crippen molar-refractivity contribution >= 4 is 32.7 Å². The zero-order valence-corrected chi connectivity index (χ0v) is 13.4. The van der Waals surface area contributed by atoms with Crippen LogP contribution in [0.25, 0.3) is 0 Å². The van der Waals surface area contributed by atoms with Gasteiger partial charge in [-0.25, -0.2) is 4.79 Å². The van der Waals surface area contributed by atoms with Gasteiger partial charge >= 0.3 is 5.97 Å². The van der Waals surface area contributed by atoms with Gasteiger partial charge in [0.2, 0.25) is 0 Å². The first kappa shape index (κ1) is 16.3. The fourth-order valence-corrected chi connectivity index (χ4v) is 2.49. The predicted molar refractivity (Wildman–Crippen MR) is 81.0 cm³/mol. The zero-order chi connectivity index (χ0) is 14.4. The molecule has 0 amide bonds. The maximum absolute atomic E-state index is 11.2. The summed E-state index contributed by atoms with van der Waals surface area (Å²) in [6, 6.07) is 4.98. The predicted octanol–water partition coefficient (Wildman–Crippen LogP) is 2.39. The molecular formula is C13H18BrNO3S. The largest absolute Gasteiger partial charge is 0.478 e. The highest BCUT2D eigenvalue weighted by atomic mass is 79.9. The molecule has 0 radical (unpaired) electrons. The molecule has 0 heterocycles. The standard InChI is InChI=1S/C13H18BrNO3S/c1-9(19(2)18)5-6-15-8-11-4-3-10(13(16)17)7-12(11)14/h3-4,7,9,15H,5-6,8H2,1-2H3,(H,16,17). The number of hydrogen-bond donors (Lipinski definition) is 2. The third-order valence-electron chi connectivity index (χ3n) is 2.91. The second-order valence-electron chi connectivity index (χ2n) is 4.39. The fraction of sp³-hybridized carbons (Fsp3) is 0.462. The van der Waals surface area contributed by atoms with E-state index < -0.39 is 16.8 Å². The quantitative estimate of drug-likeness (QED) is 0.743. The number of carbonyl (C=O) groups is 1. The molecule has 1 aromatic rings. The number of nitrogens with one attached hydrogen (secondary N) is 1. The van der Waals surface area contributed by atoms with Crippen LogP contribution in [0.3, 0.4) is 0 Å². The van der Waals surface area contributed by atoms with Crippen molar-refractivity contribution in [2.24, 2.45) is 0 Å². The maximum atomic E-state index is 11.2. The molecule has 0 bridgehead atoms. The summed E-state index contributed by atoms with van der Waals surface area (Å²) in [5.41, 5.74) is 1.28. The Kier molecular flexibility index (Phi) is 6.68. The minimum absolute atomic E-state index is 0.185. The lowest BCUT2D eigenvalue weighted by molar-refractivity contribution is 0.0697. The van der Waals surface area contributed by atoms with E-state index in [1.165, 1.54) is 0 Å². The van der Waals surface area contributed by atoms with Crippen molar-refractivity contribution in [1.29, 1.82) is 0 Å². The summed E-state index contributed by atoms with van der Waals surface area (Å²) in [6.07, 6.45) is 2.57. The average Bonchev–Trinajstić information content (AvgIpc) is 2.35. The van der Waals surface area contributed by atoms with Gasteiger partial charge < -0.3 is 10.4 Å². The van der Waals surface area contributed by atoms with Gasteiger partial charge in [-0.15, -0.1) is 0 Å². The summed E-state index contributed by atoms with van der Waals surface area (Å²) >= 11 is 3.37. The summed E-state index contributed by atoms with van der Waals surface area (Å²) in [7, 11) is -0.786. The molecular weight excluding hydrogens is 330 g/mol. The molecule has 0 aliphatic carbocycles. The zero-order valence-electron chi connectivity index (χ0n) is 11.0. The molecule has 2 unspecified atom stereocenters. The Bertz CT molecular complexity index is 479. The molecule has 2 N–H and O–H groups in total. The topological polar surface area (TPSA) is 66.4 Å². The Hall–Kier alpha value is -0.720. The van der Waals surface area contributed by atoms with Gasteiger partial charge in [-0.05, 0) is 30.7 Å². The Labute approximate surface area is 124 Å². The van der Waals surface area contributed by atoms with E-state index in [0.29, 0.717) is 6.54 Å². The molecule has 0 aliphatic heterocycles. The summed E-state index contributed by atoms with van der Waals surface area (Å²) < 4.78 is 12.0. The van der Waals surface area contributed by atoms with Gasteiger partial charge in [0.15, 0.2) is 0 Å². The normalized spacial score (nSPS) is 14.1. The molecule has 0 aliphatic rings. The molecule has 0 aromatic heterocycles. The number of carboxylic acid groups (broad SMARTS) is 1. The van der Waals surface area contributed by atoms with E-state index in [9.17, 15) is 9.00 Å². The van der Waals surface area contributed by atoms with E-state index in [4.69, 9.17) is 5.11 Å². The second-order valence-corrected chi connectivity index (χ2v) is 7.04. The van der Waals surface area contributed by atoms with E-state index in [-0.39, 0.29) is 10.8 Å². The summed E-state index contributed by atoms with van der Waals surface area (Å²) in [5.74, 6) is -0.931. The Balaban J connectivity index is 2.46. The number of aromatic carboxylic acids is 1. The van der Waals surface area contributed by atoms with Crippen LogP contribution >= 0.6 is 15.9 Å². The SMILES string of the molecule is CC(CCNCc1ccc(C(=O)O)cc1Br)S(C)=O. The van der Waals surface area contributed by atoms with Crippen LogP contribution in [-0.2, 0) is 17.3 Å². The number of halogens is 1. The Morgan fingerprint density at radius 1 is 1.53 bits per heavy atom.